The second-order valence-corrected chi connectivity index (χ2v) is 2.82. The Morgan fingerprint density at radius 1 is 1.43 bits per heavy atom. The number of aromatic carboxylic acids is 1. The third-order valence-electron chi connectivity index (χ3n) is 1.88. The number of aromatic nitrogens is 2. The Morgan fingerprint density at radius 2 is 2.29 bits per heavy atom. The third-order valence-corrected chi connectivity index (χ3v) is 1.88. The number of nitrogens with one attached hydrogen (secondary N) is 1. The Bertz CT molecular complexity index is 449. The van der Waals surface area contributed by atoms with E-state index in [9.17, 15) is 4.79 Å². The lowest BCUT2D eigenvalue weighted by molar-refractivity contribution is 0.0697. The molecule has 2 aromatic rings. The van der Waals surface area contributed by atoms with Crippen molar-refractivity contribution in [2.24, 2.45) is 0 Å². The fraction of sp³-hybridized carbons (Fsp3) is 0. The Morgan fingerprint density at radius 3 is 2.93 bits per heavy atom. The van der Waals surface area contributed by atoms with Crippen LogP contribution in [-0.4, -0.2) is 21.0 Å². The summed E-state index contributed by atoms with van der Waals surface area (Å²) in [5.41, 5.74) is 1.04. The Hall–Kier alpha value is -2.10. The van der Waals surface area contributed by atoms with Crippen molar-refractivity contribution in [3.8, 4) is 11.4 Å². The number of carbonyl (C=O) groups is 1. The molecule has 0 saturated heterocycles. The first kappa shape index (κ1) is 8.50. The van der Waals surface area contributed by atoms with Crippen molar-refractivity contribution >= 4 is 5.97 Å². The van der Waals surface area contributed by atoms with Gasteiger partial charge in [0.2, 0.25) is 0 Å². The molecule has 0 aliphatic rings. The van der Waals surface area contributed by atoms with Crippen LogP contribution in [0.2, 0.25) is 0 Å². The highest BCUT2D eigenvalue weighted by molar-refractivity contribution is 5.89. The molecule has 0 aliphatic heterocycles. The van der Waals surface area contributed by atoms with Crippen LogP contribution in [0.3, 0.4) is 0 Å². The zero-order valence-electron chi connectivity index (χ0n) is 7.27. The summed E-state index contributed by atoms with van der Waals surface area (Å²) in [6.07, 6.45) is 3.32. The van der Waals surface area contributed by atoms with Gasteiger partial charge in [0, 0.05) is 18.0 Å². The monoisotopic (exact) mass is 188 g/mol. The van der Waals surface area contributed by atoms with E-state index < -0.39 is 5.97 Å². The van der Waals surface area contributed by atoms with Crippen molar-refractivity contribution in [3.63, 3.8) is 0 Å². The quantitative estimate of drug-likeness (QED) is 0.754. The summed E-state index contributed by atoms with van der Waals surface area (Å²) in [6.45, 7) is 0. The van der Waals surface area contributed by atoms with E-state index in [1.807, 2.05) is 6.07 Å². The van der Waals surface area contributed by atoms with Crippen LogP contribution in [0.4, 0.5) is 0 Å². The van der Waals surface area contributed by atoms with E-state index in [-0.39, 0.29) is 5.56 Å². The predicted molar refractivity (Wildman–Crippen MR) is 51.0 cm³/mol. The van der Waals surface area contributed by atoms with Crippen LogP contribution in [0.5, 0.6) is 0 Å². The minimum absolute atomic E-state index is 0.263. The number of rotatable bonds is 2. The first-order chi connectivity index (χ1) is 6.77. The molecule has 0 amide bonds. The van der Waals surface area contributed by atoms with Crippen LogP contribution < -0.4 is 0 Å². The SMILES string of the molecule is O=C(O)c1cccc(-c2ncc[nH]2)c1. The standard InChI is InChI=1S/C10H8N2O2/c13-10(14)8-3-1-2-7(6-8)9-11-4-5-12-9/h1-6H,(H,11,12)(H,13,14). The van der Waals surface area contributed by atoms with Gasteiger partial charge in [-0.1, -0.05) is 12.1 Å². The minimum Gasteiger partial charge on any atom is -0.478 e. The van der Waals surface area contributed by atoms with Crippen molar-refractivity contribution in [1.82, 2.24) is 9.97 Å². The molecule has 2 rings (SSSR count). The number of benzene rings is 1. The Labute approximate surface area is 80.2 Å². The first-order valence-corrected chi connectivity index (χ1v) is 4.10. The number of hydrogen-bond donors (Lipinski definition) is 2. The van der Waals surface area contributed by atoms with Gasteiger partial charge in [-0.2, -0.15) is 0 Å². The topological polar surface area (TPSA) is 66.0 Å². The van der Waals surface area contributed by atoms with E-state index in [0.717, 1.165) is 5.56 Å². The number of nitrogens with zero attached hydrogens (tertiary/aromatic N) is 1. The van der Waals surface area contributed by atoms with Gasteiger partial charge in [-0.25, -0.2) is 9.78 Å². The zero-order chi connectivity index (χ0) is 9.97. The fourth-order valence-corrected chi connectivity index (χ4v) is 1.22. The van der Waals surface area contributed by atoms with Crippen molar-refractivity contribution < 1.29 is 9.90 Å². The summed E-state index contributed by atoms with van der Waals surface area (Å²) < 4.78 is 0. The van der Waals surface area contributed by atoms with Crippen molar-refractivity contribution in [1.29, 1.82) is 0 Å². The smallest absolute Gasteiger partial charge is 0.335 e. The van der Waals surface area contributed by atoms with Gasteiger partial charge < -0.3 is 10.1 Å². The molecular weight excluding hydrogens is 180 g/mol. The maximum atomic E-state index is 10.7. The molecule has 0 saturated carbocycles. The average Bonchev–Trinajstić information content (AvgIpc) is 2.71. The molecule has 1 aromatic carbocycles. The Balaban J connectivity index is 2.46. The lowest BCUT2D eigenvalue weighted by Gasteiger charge is -1.98. The zero-order valence-corrected chi connectivity index (χ0v) is 7.27. The molecule has 0 atom stereocenters. The average molecular weight is 188 g/mol. The van der Waals surface area contributed by atoms with Crippen molar-refractivity contribution in [3.05, 3.63) is 42.2 Å². The maximum absolute atomic E-state index is 10.7. The molecule has 70 valence electrons. The molecule has 0 fully saturated rings. The normalized spacial score (nSPS) is 10.0. The van der Waals surface area contributed by atoms with Gasteiger partial charge in [0.1, 0.15) is 5.82 Å². The third kappa shape index (κ3) is 1.50. The van der Waals surface area contributed by atoms with Gasteiger partial charge in [-0.3, -0.25) is 0 Å². The van der Waals surface area contributed by atoms with E-state index in [0.29, 0.717) is 5.82 Å². The molecule has 0 spiro atoms. The van der Waals surface area contributed by atoms with Crippen LogP contribution >= 0.6 is 0 Å². The number of carboxylic acid groups (broad SMARTS) is 1. The summed E-state index contributed by atoms with van der Waals surface area (Å²) in [5, 5.41) is 8.78. The van der Waals surface area contributed by atoms with Gasteiger partial charge in [-0.05, 0) is 12.1 Å². The molecule has 14 heavy (non-hydrogen) atoms. The molecule has 1 aromatic heterocycles. The molecule has 0 unspecified atom stereocenters. The number of H-pyrrole nitrogens is 1. The molecular formula is C10H8N2O2. The highest BCUT2D eigenvalue weighted by atomic mass is 16.4. The second-order valence-electron chi connectivity index (χ2n) is 2.82. The fourth-order valence-electron chi connectivity index (χ4n) is 1.22. The summed E-state index contributed by atoms with van der Waals surface area (Å²) >= 11 is 0. The van der Waals surface area contributed by atoms with Gasteiger partial charge in [0.05, 0.1) is 5.56 Å². The summed E-state index contributed by atoms with van der Waals surface area (Å²) in [6, 6.07) is 6.64. The number of imidazole rings is 1. The van der Waals surface area contributed by atoms with Crippen molar-refractivity contribution in [2.45, 2.75) is 0 Å². The molecule has 4 nitrogen and oxygen atoms in total. The van der Waals surface area contributed by atoms with Crippen LogP contribution in [0.1, 0.15) is 10.4 Å². The van der Waals surface area contributed by atoms with Gasteiger partial charge >= 0.3 is 5.97 Å². The molecule has 0 radical (unpaired) electrons. The van der Waals surface area contributed by atoms with Gasteiger partial charge in [0.25, 0.3) is 0 Å². The second kappa shape index (κ2) is 3.33. The Kier molecular flexibility index (Phi) is 2.02. The number of aromatic amines is 1. The van der Waals surface area contributed by atoms with Crippen LogP contribution in [0.15, 0.2) is 36.7 Å². The minimum atomic E-state index is -0.932. The van der Waals surface area contributed by atoms with Crippen LogP contribution in [-0.2, 0) is 0 Å². The van der Waals surface area contributed by atoms with E-state index in [1.54, 1.807) is 30.6 Å². The van der Waals surface area contributed by atoms with Gasteiger partial charge in [0.15, 0.2) is 0 Å². The summed E-state index contributed by atoms with van der Waals surface area (Å²) in [5.74, 6) is -0.258. The predicted octanol–water partition coefficient (Wildman–Crippen LogP) is 1.77. The van der Waals surface area contributed by atoms with Crippen molar-refractivity contribution in [2.75, 3.05) is 0 Å². The first-order valence-electron chi connectivity index (χ1n) is 4.10. The summed E-state index contributed by atoms with van der Waals surface area (Å²) in [7, 11) is 0. The number of hydrogen-bond acceptors (Lipinski definition) is 2. The summed E-state index contributed by atoms with van der Waals surface area (Å²) in [4.78, 5) is 17.6. The maximum Gasteiger partial charge on any atom is 0.335 e. The molecule has 2 N–H and O–H groups in total. The van der Waals surface area contributed by atoms with Gasteiger partial charge in [-0.15, -0.1) is 0 Å². The van der Waals surface area contributed by atoms with Crippen LogP contribution in [0.25, 0.3) is 11.4 Å². The number of carboxylic acids is 1. The van der Waals surface area contributed by atoms with E-state index >= 15 is 0 Å². The lowest BCUT2D eigenvalue weighted by atomic mass is 10.1. The van der Waals surface area contributed by atoms with E-state index in [2.05, 4.69) is 9.97 Å². The highest BCUT2D eigenvalue weighted by Crippen LogP contribution is 2.15. The molecule has 1 heterocycles. The van der Waals surface area contributed by atoms with E-state index in [1.165, 1.54) is 0 Å². The molecule has 0 aliphatic carbocycles. The molecule has 4 heteroatoms. The highest BCUT2D eigenvalue weighted by Gasteiger charge is 2.05. The van der Waals surface area contributed by atoms with Crippen LogP contribution in [0, 0.1) is 0 Å². The lowest BCUT2D eigenvalue weighted by Crippen LogP contribution is -1.95. The molecule has 0 bridgehead atoms. The largest absolute Gasteiger partial charge is 0.478 e. The van der Waals surface area contributed by atoms with E-state index in [4.69, 9.17) is 5.11 Å².